The third-order valence-corrected chi connectivity index (χ3v) is 9.61. The average molecular weight is 700 g/mol. The van der Waals surface area contributed by atoms with E-state index in [4.69, 9.17) is 28.7 Å². The van der Waals surface area contributed by atoms with Crippen molar-refractivity contribution in [3.05, 3.63) is 94.6 Å². The SMILES string of the molecule is COc1ccc(C2(C)CCCc3nc(SCc4c(F)cc(OCCOCCOCCN(C)C)cc4F)n(-c4ccc(F)cc4)c32)cc1OC. The molecule has 0 saturated carbocycles. The number of aromatic nitrogens is 2. The molecule has 4 aromatic rings. The summed E-state index contributed by atoms with van der Waals surface area (Å²) in [5.74, 6) is -0.475. The van der Waals surface area contributed by atoms with E-state index in [1.54, 1.807) is 26.4 Å². The van der Waals surface area contributed by atoms with Crippen LogP contribution >= 0.6 is 11.8 Å². The van der Waals surface area contributed by atoms with Gasteiger partial charge < -0.3 is 28.6 Å². The Morgan fingerprint density at radius 3 is 2.20 bits per heavy atom. The molecule has 0 spiro atoms. The standard InChI is InChI=1S/C37H44F3N3O5S/c1-37(25-8-13-33(44-4)34(21-25)45-5)14-6-7-32-35(37)43(27-11-9-26(38)10-12-27)36(41-32)49-24-29-30(39)22-28(23-31(29)40)48-20-19-47-18-17-46-16-15-42(2)3/h8-13,21-23H,6-7,14-20,24H2,1-5H3. The second-order valence-corrected chi connectivity index (χ2v) is 13.2. The van der Waals surface area contributed by atoms with E-state index in [0.717, 1.165) is 42.8 Å². The highest BCUT2D eigenvalue weighted by Crippen LogP contribution is 2.47. The van der Waals surface area contributed by atoms with Crippen LogP contribution in [0.25, 0.3) is 5.69 Å². The van der Waals surface area contributed by atoms with E-state index in [0.29, 0.717) is 42.2 Å². The first kappa shape index (κ1) is 36.6. The number of imidazole rings is 1. The highest BCUT2D eigenvalue weighted by molar-refractivity contribution is 7.98. The summed E-state index contributed by atoms with van der Waals surface area (Å²) in [4.78, 5) is 7.04. The van der Waals surface area contributed by atoms with E-state index < -0.39 is 17.0 Å². The number of methoxy groups -OCH3 is 2. The number of nitrogens with zero attached hydrogens (tertiary/aromatic N) is 3. The summed E-state index contributed by atoms with van der Waals surface area (Å²) in [6.07, 6.45) is 2.46. The summed E-state index contributed by atoms with van der Waals surface area (Å²) in [5, 5.41) is 0.562. The first-order valence-electron chi connectivity index (χ1n) is 16.3. The van der Waals surface area contributed by atoms with E-state index in [1.807, 2.05) is 41.8 Å². The Kier molecular flexibility index (Phi) is 12.5. The van der Waals surface area contributed by atoms with Crippen molar-refractivity contribution in [2.45, 2.75) is 42.5 Å². The van der Waals surface area contributed by atoms with Crippen LogP contribution in [-0.4, -0.2) is 82.3 Å². The monoisotopic (exact) mass is 699 g/mol. The lowest BCUT2D eigenvalue weighted by Crippen LogP contribution is -2.31. The Bertz CT molecular complexity index is 1680. The molecule has 1 atom stereocenters. The van der Waals surface area contributed by atoms with Gasteiger partial charge in [-0.1, -0.05) is 17.8 Å². The lowest BCUT2D eigenvalue weighted by Gasteiger charge is -2.36. The number of thioether (sulfide) groups is 1. The molecule has 49 heavy (non-hydrogen) atoms. The van der Waals surface area contributed by atoms with Crippen LogP contribution in [0.4, 0.5) is 13.2 Å². The minimum absolute atomic E-state index is 0.0148. The largest absolute Gasteiger partial charge is 0.493 e. The summed E-state index contributed by atoms with van der Waals surface area (Å²) in [6.45, 7) is 4.87. The maximum atomic E-state index is 15.3. The zero-order valence-electron chi connectivity index (χ0n) is 28.7. The van der Waals surface area contributed by atoms with Gasteiger partial charge in [-0.3, -0.25) is 4.57 Å². The summed E-state index contributed by atoms with van der Waals surface area (Å²) in [5.41, 5.74) is 2.98. The molecule has 0 N–H and O–H groups in total. The molecule has 264 valence electrons. The van der Waals surface area contributed by atoms with Gasteiger partial charge in [0.15, 0.2) is 16.7 Å². The summed E-state index contributed by atoms with van der Waals surface area (Å²) >= 11 is 1.23. The van der Waals surface area contributed by atoms with Crippen molar-refractivity contribution in [1.82, 2.24) is 14.5 Å². The maximum absolute atomic E-state index is 15.3. The van der Waals surface area contributed by atoms with Crippen LogP contribution in [0.5, 0.6) is 17.2 Å². The van der Waals surface area contributed by atoms with Crippen LogP contribution in [0.1, 0.15) is 42.3 Å². The number of halogens is 3. The molecule has 0 fully saturated rings. The van der Waals surface area contributed by atoms with Gasteiger partial charge in [0.05, 0.1) is 52.0 Å². The van der Waals surface area contributed by atoms with Crippen molar-refractivity contribution in [2.24, 2.45) is 0 Å². The lowest BCUT2D eigenvalue weighted by atomic mass is 9.71. The van der Waals surface area contributed by atoms with Gasteiger partial charge in [-0.25, -0.2) is 18.2 Å². The van der Waals surface area contributed by atoms with Crippen LogP contribution in [-0.2, 0) is 27.1 Å². The summed E-state index contributed by atoms with van der Waals surface area (Å²) in [7, 11) is 7.15. The molecule has 8 nitrogen and oxygen atoms in total. The fraction of sp³-hybridized carbons (Fsp3) is 0.432. The number of aryl methyl sites for hydroxylation is 1. The molecule has 0 radical (unpaired) electrons. The van der Waals surface area contributed by atoms with E-state index in [2.05, 4.69) is 6.92 Å². The van der Waals surface area contributed by atoms with Crippen LogP contribution in [0.3, 0.4) is 0 Å². The molecule has 3 aromatic carbocycles. The molecular formula is C37H44F3N3O5S. The van der Waals surface area contributed by atoms with Crippen LogP contribution in [0, 0.1) is 17.5 Å². The third-order valence-electron chi connectivity index (χ3n) is 8.65. The second-order valence-electron chi connectivity index (χ2n) is 12.3. The molecular weight excluding hydrogens is 655 g/mol. The lowest BCUT2D eigenvalue weighted by molar-refractivity contribution is 0.0324. The van der Waals surface area contributed by atoms with Gasteiger partial charge in [-0.15, -0.1) is 0 Å². The van der Waals surface area contributed by atoms with Gasteiger partial charge in [0.2, 0.25) is 0 Å². The first-order chi connectivity index (χ1) is 23.6. The van der Waals surface area contributed by atoms with Crippen LogP contribution in [0.2, 0.25) is 0 Å². The van der Waals surface area contributed by atoms with Crippen LogP contribution < -0.4 is 14.2 Å². The minimum Gasteiger partial charge on any atom is -0.493 e. The molecule has 1 aromatic heterocycles. The highest BCUT2D eigenvalue weighted by Gasteiger charge is 2.40. The minimum atomic E-state index is -0.711. The van der Waals surface area contributed by atoms with Crippen molar-refractivity contribution in [3.63, 3.8) is 0 Å². The number of hydrogen-bond donors (Lipinski definition) is 0. The van der Waals surface area contributed by atoms with Gasteiger partial charge >= 0.3 is 0 Å². The molecule has 1 aliphatic carbocycles. The average Bonchev–Trinajstić information content (AvgIpc) is 3.46. The topological polar surface area (TPSA) is 67.2 Å². The van der Waals surface area contributed by atoms with Gasteiger partial charge in [0.25, 0.3) is 0 Å². The fourth-order valence-corrected chi connectivity index (χ4v) is 7.07. The van der Waals surface area contributed by atoms with Crippen molar-refractivity contribution < 1.29 is 36.9 Å². The van der Waals surface area contributed by atoms with Gasteiger partial charge in [-0.2, -0.15) is 0 Å². The van der Waals surface area contributed by atoms with Crippen LogP contribution in [0.15, 0.2) is 59.8 Å². The molecule has 1 aliphatic rings. The zero-order valence-corrected chi connectivity index (χ0v) is 29.5. The fourth-order valence-electron chi connectivity index (χ4n) is 6.02. The number of likely N-dealkylation sites (N-methyl/N-ethyl adjacent to an activating group) is 1. The predicted octanol–water partition coefficient (Wildman–Crippen LogP) is 7.22. The maximum Gasteiger partial charge on any atom is 0.173 e. The molecule has 0 aliphatic heterocycles. The van der Waals surface area contributed by atoms with E-state index in [-0.39, 0.29) is 36.1 Å². The van der Waals surface area contributed by atoms with E-state index in [1.165, 1.54) is 36.0 Å². The van der Waals surface area contributed by atoms with E-state index in [9.17, 15) is 4.39 Å². The Balaban J connectivity index is 1.34. The summed E-state index contributed by atoms with van der Waals surface area (Å²) in [6, 6.07) is 14.5. The van der Waals surface area contributed by atoms with Gasteiger partial charge in [0.1, 0.15) is 29.8 Å². The van der Waals surface area contributed by atoms with Gasteiger partial charge in [-0.05, 0) is 82.2 Å². The van der Waals surface area contributed by atoms with E-state index >= 15 is 8.78 Å². The normalized spacial score (nSPS) is 15.8. The zero-order chi connectivity index (χ0) is 35.0. The number of ether oxygens (including phenoxy) is 5. The summed E-state index contributed by atoms with van der Waals surface area (Å²) < 4.78 is 74.3. The number of hydrogen-bond acceptors (Lipinski definition) is 8. The first-order valence-corrected chi connectivity index (χ1v) is 17.3. The Hall–Kier alpha value is -3.71. The van der Waals surface area contributed by atoms with Crippen molar-refractivity contribution in [1.29, 1.82) is 0 Å². The van der Waals surface area contributed by atoms with Crippen molar-refractivity contribution >= 4 is 11.8 Å². The predicted molar refractivity (Wildman–Crippen MR) is 184 cm³/mol. The molecule has 0 saturated heterocycles. The second kappa shape index (κ2) is 16.8. The van der Waals surface area contributed by atoms with Crippen molar-refractivity contribution in [2.75, 3.05) is 67.9 Å². The number of rotatable bonds is 17. The molecule has 5 rings (SSSR count). The Morgan fingerprint density at radius 2 is 1.53 bits per heavy atom. The van der Waals surface area contributed by atoms with Gasteiger partial charge in [0, 0.05) is 41.1 Å². The molecule has 12 heteroatoms. The molecule has 0 bridgehead atoms. The number of benzene rings is 3. The van der Waals surface area contributed by atoms with Crippen molar-refractivity contribution in [3.8, 4) is 22.9 Å². The number of fused-ring (bicyclic) bond motifs is 1. The quantitative estimate of drug-likeness (QED) is 0.0847. The molecule has 0 amide bonds. The molecule has 1 heterocycles. The Labute approximate surface area is 290 Å². The highest BCUT2D eigenvalue weighted by atomic mass is 32.2. The molecule has 1 unspecified atom stereocenters. The smallest absolute Gasteiger partial charge is 0.173 e. The third kappa shape index (κ3) is 8.72. The Morgan fingerprint density at radius 1 is 0.857 bits per heavy atom.